The third-order valence-corrected chi connectivity index (χ3v) is 5.32. The zero-order chi connectivity index (χ0) is 19.4. The lowest BCUT2D eigenvalue weighted by Gasteiger charge is -2.33. The van der Waals surface area contributed by atoms with Crippen LogP contribution in [0.2, 0.25) is 0 Å². The van der Waals surface area contributed by atoms with Crippen molar-refractivity contribution in [1.82, 2.24) is 0 Å². The summed E-state index contributed by atoms with van der Waals surface area (Å²) in [6, 6.07) is 16.6. The highest BCUT2D eigenvalue weighted by Gasteiger charge is 2.30. The van der Waals surface area contributed by atoms with Crippen molar-refractivity contribution >= 4 is 5.97 Å². The summed E-state index contributed by atoms with van der Waals surface area (Å²) in [7, 11) is 0. The summed E-state index contributed by atoms with van der Waals surface area (Å²) in [6.45, 7) is 6.60. The fraction of sp³-hybridized carbons (Fsp3) is 0.292. The van der Waals surface area contributed by atoms with Crippen LogP contribution in [0.25, 0.3) is 11.1 Å². The maximum absolute atomic E-state index is 11.7. The van der Waals surface area contributed by atoms with Crippen molar-refractivity contribution < 1.29 is 9.53 Å². The molecule has 1 aliphatic rings. The third kappa shape index (κ3) is 4.04. The average Bonchev–Trinajstić information content (AvgIpc) is 2.66. The van der Waals surface area contributed by atoms with Gasteiger partial charge in [0.05, 0.1) is 13.0 Å². The minimum Gasteiger partial charge on any atom is -0.466 e. The Morgan fingerprint density at radius 3 is 2.52 bits per heavy atom. The molecule has 1 aliphatic carbocycles. The molecule has 0 bridgehead atoms. The molecule has 0 fully saturated rings. The minimum atomic E-state index is -0.192. The van der Waals surface area contributed by atoms with Crippen LogP contribution in [-0.4, -0.2) is 18.6 Å². The fourth-order valence-electron chi connectivity index (χ4n) is 3.62. The van der Waals surface area contributed by atoms with E-state index in [2.05, 4.69) is 68.5 Å². The van der Waals surface area contributed by atoms with Gasteiger partial charge in [-0.3, -0.25) is 4.79 Å². The van der Waals surface area contributed by atoms with E-state index in [0.29, 0.717) is 13.0 Å². The standard InChI is InChI=1S/C24H27NO2/c1-4-27-23(26)16-18-9-11-19(12-10-18)21-7-5-6-8-22(21)24(3)14-13-20(25)15-17(24)2/h5-15,20H,4,16,25H2,1-3H3. The highest BCUT2D eigenvalue weighted by Crippen LogP contribution is 2.41. The average molecular weight is 361 g/mol. The molecule has 27 heavy (non-hydrogen) atoms. The smallest absolute Gasteiger partial charge is 0.310 e. The van der Waals surface area contributed by atoms with Gasteiger partial charge in [0.25, 0.3) is 0 Å². The van der Waals surface area contributed by atoms with Gasteiger partial charge in [0.2, 0.25) is 0 Å². The molecule has 140 valence electrons. The second-order valence-electron chi connectivity index (χ2n) is 7.21. The number of nitrogens with two attached hydrogens (primary N) is 1. The molecular formula is C24H27NO2. The molecule has 0 saturated heterocycles. The van der Waals surface area contributed by atoms with Crippen LogP contribution in [0, 0.1) is 0 Å². The normalized spacial score (nSPS) is 21.6. The number of carbonyl (C=O) groups excluding carboxylic acids is 1. The summed E-state index contributed by atoms with van der Waals surface area (Å²) >= 11 is 0. The van der Waals surface area contributed by atoms with Gasteiger partial charge in [-0.25, -0.2) is 0 Å². The number of benzene rings is 2. The van der Waals surface area contributed by atoms with Gasteiger partial charge >= 0.3 is 5.97 Å². The van der Waals surface area contributed by atoms with E-state index in [9.17, 15) is 4.79 Å². The summed E-state index contributed by atoms with van der Waals surface area (Å²) in [5, 5.41) is 0. The molecule has 2 aromatic carbocycles. The van der Waals surface area contributed by atoms with Gasteiger partial charge in [-0.15, -0.1) is 0 Å². The molecule has 0 aliphatic heterocycles. The third-order valence-electron chi connectivity index (χ3n) is 5.32. The number of allylic oxidation sites excluding steroid dienone is 2. The minimum absolute atomic E-state index is 0.0209. The zero-order valence-corrected chi connectivity index (χ0v) is 16.2. The molecule has 0 saturated carbocycles. The Balaban J connectivity index is 1.94. The summed E-state index contributed by atoms with van der Waals surface area (Å²) in [6.07, 6.45) is 6.70. The Morgan fingerprint density at radius 1 is 1.15 bits per heavy atom. The van der Waals surface area contributed by atoms with Gasteiger partial charge in [-0.2, -0.15) is 0 Å². The summed E-state index contributed by atoms with van der Waals surface area (Å²) in [4.78, 5) is 11.7. The lowest BCUT2D eigenvalue weighted by atomic mass is 9.71. The van der Waals surface area contributed by atoms with E-state index < -0.39 is 0 Å². The molecule has 3 nitrogen and oxygen atoms in total. The quantitative estimate of drug-likeness (QED) is 0.627. The molecule has 3 heteroatoms. The van der Waals surface area contributed by atoms with Crippen LogP contribution in [0.1, 0.15) is 31.9 Å². The van der Waals surface area contributed by atoms with Crippen molar-refractivity contribution in [2.45, 2.75) is 38.6 Å². The maximum atomic E-state index is 11.7. The molecule has 0 spiro atoms. The van der Waals surface area contributed by atoms with Crippen LogP contribution < -0.4 is 5.73 Å². The van der Waals surface area contributed by atoms with Gasteiger partial charge < -0.3 is 10.5 Å². The first-order valence-electron chi connectivity index (χ1n) is 9.42. The van der Waals surface area contributed by atoms with Crippen LogP contribution >= 0.6 is 0 Å². The molecule has 0 heterocycles. The number of hydrogen-bond donors (Lipinski definition) is 1. The first-order chi connectivity index (χ1) is 12.9. The predicted octanol–water partition coefficient (Wildman–Crippen LogP) is 4.56. The summed E-state index contributed by atoms with van der Waals surface area (Å²) < 4.78 is 5.03. The monoisotopic (exact) mass is 361 g/mol. The number of esters is 1. The Labute approximate surface area is 161 Å². The van der Waals surface area contributed by atoms with Crippen molar-refractivity contribution in [3.8, 4) is 11.1 Å². The van der Waals surface area contributed by atoms with Crippen LogP contribution in [0.5, 0.6) is 0 Å². The lowest BCUT2D eigenvalue weighted by Crippen LogP contribution is -2.29. The Bertz CT molecular complexity index is 880. The first-order valence-corrected chi connectivity index (χ1v) is 9.42. The molecule has 2 N–H and O–H groups in total. The van der Waals surface area contributed by atoms with Crippen molar-refractivity contribution in [2.24, 2.45) is 5.73 Å². The van der Waals surface area contributed by atoms with Crippen molar-refractivity contribution in [1.29, 1.82) is 0 Å². The number of hydrogen-bond acceptors (Lipinski definition) is 3. The van der Waals surface area contributed by atoms with E-state index in [4.69, 9.17) is 10.5 Å². The van der Waals surface area contributed by atoms with E-state index in [1.807, 2.05) is 19.1 Å². The summed E-state index contributed by atoms with van der Waals surface area (Å²) in [5.74, 6) is -0.192. The fourth-order valence-corrected chi connectivity index (χ4v) is 3.62. The van der Waals surface area contributed by atoms with Crippen LogP contribution in [-0.2, 0) is 21.4 Å². The number of carbonyl (C=O) groups is 1. The molecule has 0 amide bonds. The van der Waals surface area contributed by atoms with Crippen molar-refractivity contribution in [3.05, 3.63) is 83.5 Å². The van der Waals surface area contributed by atoms with Crippen LogP contribution in [0.3, 0.4) is 0 Å². The van der Waals surface area contributed by atoms with E-state index in [-0.39, 0.29) is 17.4 Å². The van der Waals surface area contributed by atoms with Crippen LogP contribution in [0.15, 0.2) is 72.3 Å². The number of ether oxygens (including phenoxy) is 1. The van der Waals surface area contributed by atoms with Gasteiger partial charge in [-0.1, -0.05) is 72.3 Å². The zero-order valence-electron chi connectivity index (χ0n) is 16.2. The molecular weight excluding hydrogens is 334 g/mol. The van der Waals surface area contributed by atoms with Crippen LogP contribution in [0.4, 0.5) is 0 Å². The van der Waals surface area contributed by atoms with Gasteiger partial charge in [-0.05, 0) is 43.0 Å². The molecule has 2 aromatic rings. The van der Waals surface area contributed by atoms with E-state index in [0.717, 1.165) is 11.1 Å². The number of rotatable bonds is 5. The Hall–Kier alpha value is -2.65. The van der Waals surface area contributed by atoms with Gasteiger partial charge in [0.1, 0.15) is 0 Å². The van der Waals surface area contributed by atoms with Gasteiger partial charge in [0, 0.05) is 11.5 Å². The molecule has 3 rings (SSSR count). The molecule has 0 radical (unpaired) electrons. The predicted molar refractivity (Wildman–Crippen MR) is 110 cm³/mol. The Morgan fingerprint density at radius 2 is 1.85 bits per heavy atom. The second kappa shape index (κ2) is 7.93. The highest BCUT2D eigenvalue weighted by molar-refractivity contribution is 5.74. The lowest BCUT2D eigenvalue weighted by molar-refractivity contribution is -0.142. The highest BCUT2D eigenvalue weighted by atomic mass is 16.5. The molecule has 0 aromatic heterocycles. The summed E-state index contributed by atoms with van der Waals surface area (Å²) in [5.41, 5.74) is 11.7. The van der Waals surface area contributed by atoms with Crippen molar-refractivity contribution in [3.63, 3.8) is 0 Å². The maximum Gasteiger partial charge on any atom is 0.310 e. The van der Waals surface area contributed by atoms with Gasteiger partial charge in [0.15, 0.2) is 0 Å². The molecule has 2 atom stereocenters. The van der Waals surface area contributed by atoms with E-state index in [1.54, 1.807) is 0 Å². The Kier molecular flexibility index (Phi) is 5.62. The largest absolute Gasteiger partial charge is 0.466 e. The van der Waals surface area contributed by atoms with Crippen molar-refractivity contribution in [2.75, 3.05) is 6.61 Å². The second-order valence-corrected chi connectivity index (χ2v) is 7.21. The SMILES string of the molecule is CCOC(=O)Cc1ccc(-c2ccccc2C2(C)C=CC(N)C=C2C)cc1. The first kappa shape index (κ1) is 19.1. The van der Waals surface area contributed by atoms with E-state index >= 15 is 0 Å². The van der Waals surface area contributed by atoms with E-state index in [1.165, 1.54) is 16.7 Å². The molecule has 2 unspecified atom stereocenters. The topological polar surface area (TPSA) is 52.3 Å².